The first-order valence-corrected chi connectivity index (χ1v) is 10.9. The van der Waals surface area contributed by atoms with Gasteiger partial charge in [0.1, 0.15) is 17.8 Å². The summed E-state index contributed by atoms with van der Waals surface area (Å²) in [4.78, 5) is 14.3. The van der Waals surface area contributed by atoms with Crippen LogP contribution in [0, 0.1) is 6.92 Å². The molecule has 8 heteroatoms. The average molecular weight is 423 g/mol. The standard InChI is InChI=1S/C20H23ClN2O4S/c1-14-4-10-18(11-5-14)28(25,26)22-13-15(2)23(19(24)12-21)20(22)16-6-8-17(27-3)9-7-16/h4-11,15,20H,12-13H2,1-3H3/t15-,20+/m1/s1. The normalized spacial score (nSPS) is 20.4. The summed E-state index contributed by atoms with van der Waals surface area (Å²) in [6.07, 6.45) is -0.765. The lowest BCUT2D eigenvalue weighted by Crippen LogP contribution is -2.40. The van der Waals surface area contributed by atoms with Gasteiger partial charge in [0, 0.05) is 12.6 Å². The van der Waals surface area contributed by atoms with E-state index in [-0.39, 0.29) is 29.3 Å². The van der Waals surface area contributed by atoms with Gasteiger partial charge in [-0.1, -0.05) is 29.8 Å². The number of amides is 1. The molecule has 0 spiro atoms. The van der Waals surface area contributed by atoms with Crippen LogP contribution < -0.4 is 4.74 Å². The molecule has 1 amide bonds. The topological polar surface area (TPSA) is 66.9 Å². The van der Waals surface area contributed by atoms with Crippen molar-refractivity contribution in [3.8, 4) is 5.75 Å². The van der Waals surface area contributed by atoms with Crippen LogP contribution in [0.25, 0.3) is 0 Å². The molecule has 3 rings (SSSR count). The number of carbonyl (C=O) groups is 1. The van der Waals surface area contributed by atoms with E-state index in [9.17, 15) is 13.2 Å². The third kappa shape index (κ3) is 3.74. The minimum atomic E-state index is -3.81. The van der Waals surface area contributed by atoms with Crippen molar-refractivity contribution in [2.24, 2.45) is 0 Å². The fourth-order valence-electron chi connectivity index (χ4n) is 3.46. The number of aryl methyl sites for hydroxylation is 1. The molecule has 28 heavy (non-hydrogen) atoms. The predicted octanol–water partition coefficient (Wildman–Crippen LogP) is 3.16. The second kappa shape index (κ2) is 8.11. The van der Waals surface area contributed by atoms with Crippen LogP contribution in [0.5, 0.6) is 5.75 Å². The van der Waals surface area contributed by atoms with Crippen molar-refractivity contribution in [3.05, 3.63) is 59.7 Å². The van der Waals surface area contributed by atoms with E-state index in [2.05, 4.69) is 0 Å². The number of sulfonamides is 1. The highest BCUT2D eigenvalue weighted by Crippen LogP contribution is 2.38. The van der Waals surface area contributed by atoms with Crippen molar-refractivity contribution in [3.63, 3.8) is 0 Å². The van der Waals surface area contributed by atoms with Crippen LogP contribution in [0.3, 0.4) is 0 Å². The molecule has 0 saturated carbocycles. The van der Waals surface area contributed by atoms with Crippen molar-refractivity contribution >= 4 is 27.5 Å². The molecule has 0 aromatic heterocycles. The Balaban J connectivity index is 2.09. The molecule has 2 aromatic carbocycles. The van der Waals surface area contributed by atoms with Crippen LogP contribution in [-0.4, -0.2) is 49.1 Å². The monoisotopic (exact) mass is 422 g/mol. The number of ether oxygens (including phenoxy) is 1. The highest BCUT2D eigenvalue weighted by atomic mass is 35.5. The number of benzene rings is 2. The molecule has 6 nitrogen and oxygen atoms in total. The Morgan fingerprint density at radius 3 is 2.29 bits per heavy atom. The van der Waals surface area contributed by atoms with Crippen molar-refractivity contribution in [1.29, 1.82) is 0 Å². The summed E-state index contributed by atoms with van der Waals surface area (Å²) in [5.41, 5.74) is 1.65. The smallest absolute Gasteiger partial charge is 0.245 e. The first-order chi connectivity index (χ1) is 13.3. The highest BCUT2D eigenvalue weighted by Gasteiger charge is 2.46. The Morgan fingerprint density at radius 1 is 1.14 bits per heavy atom. The van der Waals surface area contributed by atoms with Gasteiger partial charge >= 0.3 is 0 Å². The number of hydrogen-bond donors (Lipinski definition) is 0. The summed E-state index contributed by atoms with van der Waals surface area (Å²) in [5.74, 6) is 0.129. The van der Waals surface area contributed by atoms with Crippen LogP contribution >= 0.6 is 11.6 Å². The van der Waals surface area contributed by atoms with Crippen molar-refractivity contribution in [2.75, 3.05) is 19.5 Å². The van der Waals surface area contributed by atoms with Crippen molar-refractivity contribution in [2.45, 2.75) is 31.0 Å². The molecule has 0 radical (unpaired) electrons. The molecule has 1 aliphatic heterocycles. The summed E-state index contributed by atoms with van der Waals surface area (Å²) in [6, 6.07) is 13.4. The van der Waals surface area contributed by atoms with Gasteiger partial charge in [0.05, 0.1) is 12.0 Å². The van der Waals surface area contributed by atoms with Crippen molar-refractivity contribution in [1.82, 2.24) is 9.21 Å². The lowest BCUT2D eigenvalue weighted by molar-refractivity contribution is -0.131. The van der Waals surface area contributed by atoms with Gasteiger partial charge in [0.25, 0.3) is 0 Å². The number of hydrogen-bond acceptors (Lipinski definition) is 4. The SMILES string of the molecule is COc1ccc([C@@H]2N(C(=O)CCl)[C@H](C)CN2S(=O)(=O)c2ccc(C)cc2)cc1. The zero-order valence-electron chi connectivity index (χ0n) is 16.0. The third-order valence-corrected chi connectivity index (χ3v) is 6.96. The number of rotatable bonds is 5. The van der Waals surface area contributed by atoms with Gasteiger partial charge in [0.15, 0.2) is 0 Å². The minimum absolute atomic E-state index is 0.190. The first-order valence-electron chi connectivity index (χ1n) is 8.89. The molecule has 0 unspecified atom stereocenters. The Morgan fingerprint density at radius 2 is 1.75 bits per heavy atom. The van der Waals surface area contributed by atoms with E-state index in [1.807, 2.05) is 13.8 Å². The third-order valence-electron chi connectivity index (χ3n) is 4.90. The quantitative estimate of drug-likeness (QED) is 0.694. The molecular formula is C20H23ClN2O4S. The molecule has 0 bridgehead atoms. The molecule has 1 fully saturated rings. The van der Waals surface area contributed by atoms with Gasteiger partial charge in [-0.3, -0.25) is 4.79 Å². The Kier molecular flexibility index (Phi) is 5.98. The first kappa shape index (κ1) is 20.6. The fourth-order valence-corrected chi connectivity index (χ4v) is 5.24. The van der Waals surface area contributed by atoms with Gasteiger partial charge in [0.2, 0.25) is 15.9 Å². The molecule has 0 aliphatic carbocycles. The maximum Gasteiger partial charge on any atom is 0.245 e. The summed E-state index contributed by atoms with van der Waals surface area (Å²) in [7, 11) is -2.25. The molecule has 0 N–H and O–H groups in total. The average Bonchev–Trinajstić information content (AvgIpc) is 3.05. The maximum absolute atomic E-state index is 13.4. The number of alkyl halides is 1. The number of nitrogens with zero attached hydrogens (tertiary/aromatic N) is 2. The van der Waals surface area contributed by atoms with E-state index >= 15 is 0 Å². The maximum atomic E-state index is 13.4. The molecule has 150 valence electrons. The van der Waals surface area contributed by atoms with Crippen molar-refractivity contribution < 1.29 is 17.9 Å². The summed E-state index contributed by atoms with van der Waals surface area (Å²) < 4.78 is 33.3. The van der Waals surface area contributed by atoms with Gasteiger partial charge in [-0.15, -0.1) is 11.6 Å². The molecule has 2 aromatic rings. The van der Waals surface area contributed by atoms with Gasteiger partial charge < -0.3 is 9.64 Å². The van der Waals surface area contributed by atoms with Gasteiger partial charge in [-0.2, -0.15) is 4.31 Å². The molecule has 1 heterocycles. The van der Waals surface area contributed by atoms with E-state index < -0.39 is 16.2 Å². The van der Waals surface area contributed by atoms with E-state index in [0.717, 1.165) is 5.56 Å². The molecule has 1 aliphatic rings. The minimum Gasteiger partial charge on any atom is -0.497 e. The fraction of sp³-hybridized carbons (Fsp3) is 0.350. The molecular weight excluding hydrogens is 400 g/mol. The van der Waals surface area contributed by atoms with Gasteiger partial charge in [-0.25, -0.2) is 8.42 Å². The molecule has 1 saturated heterocycles. The highest BCUT2D eigenvalue weighted by molar-refractivity contribution is 7.89. The number of halogens is 1. The molecule has 2 atom stereocenters. The number of methoxy groups -OCH3 is 1. The summed E-state index contributed by atoms with van der Waals surface area (Å²) >= 11 is 5.82. The summed E-state index contributed by atoms with van der Waals surface area (Å²) in [5, 5.41) is 0. The lowest BCUT2D eigenvalue weighted by Gasteiger charge is -2.31. The van der Waals surface area contributed by atoms with E-state index in [0.29, 0.717) is 11.3 Å². The van der Waals surface area contributed by atoms with E-state index in [4.69, 9.17) is 16.3 Å². The zero-order valence-corrected chi connectivity index (χ0v) is 17.6. The predicted molar refractivity (Wildman–Crippen MR) is 108 cm³/mol. The zero-order chi connectivity index (χ0) is 20.5. The Bertz CT molecular complexity index is 945. The van der Waals surface area contributed by atoms with Crippen LogP contribution in [0.1, 0.15) is 24.2 Å². The van der Waals surface area contributed by atoms with Crippen LogP contribution in [-0.2, 0) is 14.8 Å². The Labute approximate surface area is 170 Å². The van der Waals surface area contributed by atoms with E-state index in [1.165, 1.54) is 4.31 Å². The van der Waals surface area contributed by atoms with Crippen LogP contribution in [0.15, 0.2) is 53.4 Å². The number of carbonyl (C=O) groups excluding carboxylic acids is 1. The Hall–Kier alpha value is -2.09. The van der Waals surface area contributed by atoms with E-state index in [1.54, 1.807) is 60.5 Å². The second-order valence-electron chi connectivity index (χ2n) is 6.82. The summed E-state index contributed by atoms with van der Waals surface area (Å²) in [6.45, 7) is 3.91. The van der Waals surface area contributed by atoms with Crippen LogP contribution in [0.4, 0.5) is 0 Å². The second-order valence-corrected chi connectivity index (χ2v) is 8.98. The van der Waals surface area contributed by atoms with Crippen LogP contribution in [0.2, 0.25) is 0 Å². The van der Waals surface area contributed by atoms with Gasteiger partial charge in [-0.05, 0) is 43.7 Å². The lowest BCUT2D eigenvalue weighted by atomic mass is 10.1. The largest absolute Gasteiger partial charge is 0.497 e.